The molecule has 0 radical (unpaired) electrons. The van der Waals surface area contributed by atoms with Crippen molar-refractivity contribution in [1.82, 2.24) is 10.2 Å². The second kappa shape index (κ2) is 10.1. The van der Waals surface area contributed by atoms with E-state index >= 15 is 0 Å². The number of rotatable bonds is 10. The van der Waals surface area contributed by atoms with E-state index in [4.69, 9.17) is 5.73 Å². The number of amides is 2. The van der Waals surface area contributed by atoms with Crippen LogP contribution in [0, 0.1) is 11.2 Å². The van der Waals surface area contributed by atoms with Crippen LogP contribution in [0.4, 0.5) is 17.6 Å². The zero-order chi connectivity index (χ0) is 25.1. The van der Waals surface area contributed by atoms with Gasteiger partial charge in [0.15, 0.2) is 0 Å². The Morgan fingerprint density at radius 3 is 2.26 bits per heavy atom. The molecule has 1 fully saturated rings. The molecule has 184 valence electrons. The molecule has 3 rings (SSSR count). The Bertz CT molecular complexity index is 1020. The van der Waals surface area contributed by atoms with Crippen molar-refractivity contribution in [2.45, 2.75) is 43.8 Å². The smallest absolute Gasteiger partial charge is 0.366 e. The third kappa shape index (κ3) is 5.75. The molecule has 2 atom stereocenters. The number of hydrogen-bond donors (Lipinski definition) is 2. The van der Waals surface area contributed by atoms with Crippen molar-refractivity contribution < 1.29 is 27.2 Å². The number of nitrogens with two attached hydrogens (primary N) is 1. The van der Waals surface area contributed by atoms with Gasteiger partial charge in [-0.25, -0.2) is 4.39 Å². The normalized spacial score (nSPS) is 16.7. The van der Waals surface area contributed by atoms with Crippen LogP contribution >= 0.6 is 0 Å². The first-order valence-electron chi connectivity index (χ1n) is 11.1. The molecule has 1 aliphatic rings. The Balaban J connectivity index is 1.68. The highest BCUT2D eigenvalue weighted by Crippen LogP contribution is 2.66. The second-order valence-electron chi connectivity index (χ2n) is 9.13. The second-order valence-corrected chi connectivity index (χ2v) is 9.13. The fourth-order valence-electron chi connectivity index (χ4n) is 4.37. The molecule has 0 aliphatic heterocycles. The first kappa shape index (κ1) is 25.7. The van der Waals surface area contributed by atoms with E-state index in [0.29, 0.717) is 17.5 Å². The number of carbonyl (C=O) groups excluding carboxylic acids is 2. The average Bonchev–Trinajstić information content (AvgIpc) is 3.57. The van der Waals surface area contributed by atoms with Crippen molar-refractivity contribution in [3.8, 4) is 0 Å². The Labute approximate surface area is 196 Å². The lowest BCUT2D eigenvalue weighted by Crippen LogP contribution is -2.42. The molecule has 2 aromatic carbocycles. The van der Waals surface area contributed by atoms with Crippen molar-refractivity contribution in [2.24, 2.45) is 11.1 Å². The van der Waals surface area contributed by atoms with Gasteiger partial charge in [0.25, 0.3) is 5.91 Å². The number of carbonyl (C=O) groups is 2. The minimum absolute atomic E-state index is 0.0104. The number of nitrogens with zero attached hydrogens (tertiary/aromatic N) is 1. The molecule has 3 N–H and O–H groups in total. The van der Waals surface area contributed by atoms with Crippen LogP contribution in [0.3, 0.4) is 0 Å². The van der Waals surface area contributed by atoms with Crippen molar-refractivity contribution in [3.63, 3.8) is 0 Å². The highest BCUT2D eigenvalue weighted by molar-refractivity contribution is 5.93. The minimum atomic E-state index is -4.39. The zero-order valence-electron chi connectivity index (χ0n) is 19.2. The van der Waals surface area contributed by atoms with Gasteiger partial charge in [0, 0.05) is 24.9 Å². The summed E-state index contributed by atoms with van der Waals surface area (Å²) in [5.74, 6) is -3.01. The summed E-state index contributed by atoms with van der Waals surface area (Å²) in [7, 11) is 3.58. The van der Waals surface area contributed by atoms with Gasteiger partial charge in [-0.1, -0.05) is 36.4 Å². The molecule has 0 saturated heterocycles. The summed E-state index contributed by atoms with van der Waals surface area (Å²) >= 11 is 0. The highest BCUT2D eigenvalue weighted by atomic mass is 19.4. The molecule has 0 heterocycles. The fourth-order valence-corrected chi connectivity index (χ4v) is 4.37. The molecule has 0 spiro atoms. The van der Waals surface area contributed by atoms with E-state index in [1.807, 2.05) is 4.90 Å². The summed E-state index contributed by atoms with van der Waals surface area (Å²) in [6.07, 6.45) is -4.28. The lowest BCUT2D eigenvalue weighted by Gasteiger charge is -2.30. The summed E-state index contributed by atoms with van der Waals surface area (Å²) in [6, 6.07) is 12.2. The van der Waals surface area contributed by atoms with E-state index in [2.05, 4.69) is 5.32 Å². The molecule has 9 heteroatoms. The standard InChI is InChI=1S/C25H29F4N3O2/c1-32(2)18(12-16-8-9-19(23(30)34)21(26)13-16)15-31-22(33)14-20(17-6-4-3-5-7-17)24(10-11-24)25(27,28)29/h3-9,13,18,20H,10-12,14-15H2,1-2H3,(H2,30,34)(H,31,33)/t18-,20-/m0/s1. The summed E-state index contributed by atoms with van der Waals surface area (Å²) in [5.41, 5.74) is 4.17. The van der Waals surface area contributed by atoms with Gasteiger partial charge in [-0.05, 0) is 56.6 Å². The maximum atomic E-state index is 14.1. The predicted molar refractivity (Wildman–Crippen MR) is 121 cm³/mol. The van der Waals surface area contributed by atoms with Gasteiger partial charge >= 0.3 is 6.18 Å². The van der Waals surface area contributed by atoms with Crippen LogP contribution < -0.4 is 11.1 Å². The third-order valence-corrected chi connectivity index (χ3v) is 6.65. The van der Waals surface area contributed by atoms with Crippen molar-refractivity contribution in [1.29, 1.82) is 0 Å². The van der Waals surface area contributed by atoms with E-state index in [9.17, 15) is 27.2 Å². The Morgan fingerprint density at radius 2 is 1.76 bits per heavy atom. The van der Waals surface area contributed by atoms with Crippen molar-refractivity contribution in [2.75, 3.05) is 20.6 Å². The lowest BCUT2D eigenvalue weighted by atomic mass is 9.80. The highest BCUT2D eigenvalue weighted by Gasteiger charge is 2.67. The molecule has 34 heavy (non-hydrogen) atoms. The molecular formula is C25H29F4N3O2. The van der Waals surface area contributed by atoms with E-state index in [0.717, 1.165) is 0 Å². The first-order valence-corrected chi connectivity index (χ1v) is 11.1. The van der Waals surface area contributed by atoms with Crippen LogP contribution in [0.1, 0.15) is 46.7 Å². The molecule has 5 nitrogen and oxygen atoms in total. The van der Waals surface area contributed by atoms with Crippen LogP contribution in [0.15, 0.2) is 48.5 Å². The topological polar surface area (TPSA) is 75.4 Å². The van der Waals surface area contributed by atoms with Gasteiger partial charge in [-0.3, -0.25) is 9.59 Å². The number of nitrogens with one attached hydrogen (secondary N) is 1. The van der Waals surface area contributed by atoms with Crippen LogP contribution in [0.5, 0.6) is 0 Å². The lowest BCUT2D eigenvalue weighted by molar-refractivity contribution is -0.194. The SMILES string of the molecule is CN(C)[C@H](CNC(=O)C[C@@H](c1ccccc1)C1(C(F)(F)F)CC1)Cc1ccc(C(N)=O)c(F)c1. The number of benzene rings is 2. The molecule has 1 saturated carbocycles. The number of halogens is 4. The Kier molecular flexibility index (Phi) is 7.65. The fraction of sp³-hybridized carbons (Fsp3) is 0.440. The molecule has 2 amide bonds. The number of alkyl halides is 3. The van der Waals surface area contributed by atoms with E-state index in [1.165, 1.54) is 12.1 Å². The molecule has 0 bridgehead atoms. The number of likely N-dealkylation sites (N-methyl/N-ethyl adjacent to an activating group) is 1. The molecule has 2 aromatic rings. The van der Waals surface area contributed by atoms with Crippen LogP contribution in [-0.4, -0.2) is 49.6 Å². The minimum Gasteiger partial charge on any atom is -0.366 e. The Morgan fingerprint density at radius 1 is 1.12 bits per heavy atom. The molecular weight excluding hydrogens is 450 g/mol. The summed E-state index contributed by atoms with van der Waals surface area (Å²) in [4.78, 5) is 25.8. The van der Waals surface area contributed by atoms with E-state index in [1.54, 1.807) is 50.5 Å². The molecule has 0 aromatic heterocycles. The Hall–Kier alpha value is -2.94. The van der Waals surface area contributed by atoms with Crippen LogP contribution in [-0.2, 0) is 11.2 Å². The van der Waals surface area contributed by atoms with E-state index in [-0.39, 0.29) is 37.4 Å². The zero-order valence-corrected chi connectivity index (χ0v) is 19.2. The molecule has 1 aliphatic carbocycles. The number of primary amides is 1. The number of hydrogen-bond acceptors (Lipinski definition) is 3. The average molecular weight is 480 g/mol. The monoisotopic (exact) mass is 479 g/mol. The molecule has 0 unspecified atom stereocenters. The largest absolute Gasteiger partial charge is 0.395 e. The van der Waals surface area contributed by atoms with Gasteiger partial charge in [0.05, 0.1) is 11.0 Å². The van der Waals surface area contributed by atoms with Gasteiger partial charge in [0.2, 0.25) is 5.91 Å². The quantitative estimate of drug-likeness (QED) is 0.506. The van der Waals surface area contributed by atoms with Crippen molar-refractivity contribution in [3.05, 3.63) is 71.0 Å². The summed E-state index contributed by atoms with van der Waals surface area (Å²) < 4.78 is 55.7. The van der Waals surface area contributed by atoms with Gasteiger partial charge in [0.1, 0.15) is 5.82 Å². The van der Waals surface area contributed by atoms with Crippen LogP contribution in [0.2, 0.25) is 0 Å². The van der Waals surface area contributed by atoms with Gasteiger partial charge in [-0.15, -0.1) is 0 Å². The first-order chi connectivity index (χ1) is 15.9. The summed E-state index contributed by atoms with van der Waals surface area (Å²) in [6.45, 7) is 0.172. The van der Waals surface area contributed by atoms with Gasteiger partial charge in [-0.2, -0.15) is 13.2 Å². The third-order valence-electron chi connectivity index (χ3n) is 6.65. The van der Waals surface area contributed by atoms with Crippen molar-refractivity contribution >= 4 is 11.8 Å². The maximum absolute atomic E-state index is 14.1. The summed E-state index contributed by atoms with van der Waals surface area (Å²) in [5, 5.41) is 2.76. The van der Waals surface area contributed by atoms with E-state index < -0.39 is 35.1 Å². The maximum Gasteiger partial charge on any atom is 0.395 e. The predicted octanol–water partition coefficient (Wildman–Crippen LogP) is 4.03. The van der Waals surface area contributed by atoms with Crippen LogP contribution in [0.25, 0.3) is 0 Å². The van der Waals surface area contributed by atoms with Gasteiger partial charge < -0.3 is 16.0 Å².